The maximum Gasteiger partial charge on any atom is 0.0615 e. The van der Waals surface area contributed by atoms with Crippen LogP contribution >= 0.6 is 0 Å². The monoisotopic (exact) mass is 273 g/mol. The summed E-state index contributed by atoms with van der Waals surface area (Å²) in [6, 6.07) is 0.366. The van der Waals surface area contributed by atoms with Crippen LogP contribution in [0.1, 0.15) is 39.0 Å². The first-order valence-electron chi connectivity index (χ1n) is 7.50. The molecule has 1 N–H and O–H groups in total. The minimum atomic E-state index is 0.0913. The second kappa shape index (κ2) is 8.90. The van der Waals surface area contributed by atoms with Crippen LogP contribution in [0.25, 0.3) is 0 Å². The number of rotatable bonds is 9. The first-order chi connectivity index (χ1) is 9.17. The maximum absolute atomic E-state index is 9.84. The van der Waals surface area contributed by atoms with Gasteiger partial charge in [-0.2, -0.15) is 0 Å². The lowest BCUT2D eigenvalue weighted by atomic mass is 9.74. The van der Waals surface area contributed by atoms with Crippen molar-refractivity contribution in [2.45, 2.75) is 45.1 Å². The van der Waals surface area contributed by atoms with Crippen LogP contribution in [0.5, 0.6) is 0 Å². The Morgan fingerprint density at radius 3 is 2.37 bits per heavy atom. The molecule has 0 radical (unpaired) electrons. The van der Waals surface area contributed by atoms with Gasteiger partial charge in [0.05, 0.1) is 13.2 Å². The van der Waals surface area contributed by atoms with Crippen LogP contribution in [0.4, 0.5) is 0 Å². The summed E-state index contributed by atoms with van der Waals surface area (Å²) in [6.07, 6.45) is 6.10. The molecule has 1 unspecified atom stereocenters. The molecule has 4 heteroatoms. The predicted molar refractivity (Wildman–Crippen MR) is 77.4 cm³/mol. The molecule has 0 saturated heterocycles. The molecule has 0 bridgehead atoms. The van der Waals surface area contributed by atoms with Crippen LogP contribution in [-0.4, -0.2) is 63.2 Å². The van der Waals surface area contributed by atoms with Gasteiger partial charge in [0.1, 0.15) is 0 Å². The molecule has 4 nitrogen and oxygen atoms in total. The molecule has 1 aliphatic rings. The van der Waals surface area contributed by atoms with Gasteiger partial charge in [0.15, 0.2) is 0 Å². The molecule has 0 aromatic rings. The van der Waals surface area contributed by atoms with Crippen molar-refractivity contribution in [3.8, 4) is 0 Å². The van der Waals surface area contributed by atoms with Crippen LogP contribution in [0.15, 0.2) is 0 Å². The highest BCUT2D eigenvalue weighted by Gasteiger charge is 2.34. The zero-order valence-electron chi connectivity index (χ0n) is 12.9. The molecule has 19 heavy (non-hydrogen) atoms. The second-order valence-corrected chi connectivity index (χ2v) is 5.99. The third-order valence-electron chi connectivity index (χ3n) is 4.40. The van der Waals surface area contributed by atoms with E-state index in [1.165, 1.54) is 19.3 Å². The first kappa shape index (κ1) is 16.9. The largest absolute Gasteiger partial charge is 0.396 e. The van der Waals surface area contributed by atoms with Crippen molar-refractivity contribution < 1.29 is 14.6 Å². The van der Waals surface area contributed by atoms with Gasteiger partial charge in [-0.1, -0.05) is 19.3 Å². The van der Waals surface area contributed by atoms with Crippen molar-refractivity contribution in [1.82, 2.24) is 4.90 Å². The SMILES string of the molecule is COCCN(CC1(CO)CCCCC1)C(C)COC. The fourth-order valence-electron chi connectivity index (χ4n) is 3.11. The van der Waals surface area contributed by atoms with Gasteiger partial charge in [-0.25, -0.2) is 0 Å². The number of aliphatic hydroxyl groups excluding tert-OH is 1. The standard InChI is InChI=1S/C15H31NO3/c1-14(11-19-3)16(9-10-18-2)12-15(13-17)7-5-4-6-8-15/h14,17H,4-13H2,1-3H3. The molecule has 0 spiro atoms. The van der Waals surface area contributed by atoms with Gasteiger partial charge in [-0.15, -0.1) is 0 Å². The molecular weight excluding hydrogens is 242 g/mol. The Hall–Kier alpha value is -0.160. The number of aliphatic hydroxyl groups is 1. The quantitative estimate of drug-likeness (QED) is 0.697. The number of hydrogen-bond donors (Lipinski definition) is 1. The summed E-state index contributed by atoms with van der Waals surface area (Å²) in [5, 5.41) is 9.84. The average Bonchev–Trinajstić information content (AvgIpc) is 2.44. The van der Waals surface area contributed by atoms with Gasteiger partial charge in [-0.3, -0.25) is 4.90 Å². The summed E-state index contributed by atoms with van der Waals surface area (Å²) < 4.78 is 10.5. The Balaban J connectivity index is 2.61. The van der Waals surface area contributed by atoms with Crippen molar-refractivity contribution in [3.63, 3.8) is 0 Å². The van der Waals surface area contributed by atoms with E-state index in [0.29, 0.717) is 12.6 Å². The Morgan fingerprint density at radius 2 is 1.84 bits per heavy atom. The first-order valence-corrected chi connectivity index (χ1v) is 7.50. The van der Waals surface area contributed by atoms with Crippen LogP contribution in [0.2, 0.25) is 0 Å². The highest BCUT2D eigenvalue weighted by molar-refractivity contribution is 4.86. The number of ether oxygens (including phenoxy) is 2. The number of nitrogens with zero attached hydrogens (tertiary/aromatic N) is 1. The highest BCUT2D eigenvalue weighted by Crippen LogP contribution is 2.36. The van der Waals surface area contributed by atoms with Crippen molar-refractivity contribution in [2.75, 3.05) is 47.1 Å². The smallest absolute Gasteiger partial charge is 0.0615 e. The van der Waals surface area contributed by atoms with Crippen LogP contribution in [0, 0.1) is 5.41 Å². The fourth-order valence-corrected chi connectivity index (χ4v) is 3.11. The average molecular weight is 273 g/mol. The molecule has 0 aliphatic heterocycles. The zero-order valence-corrected chi connectivity index (χ0v) is 12.9. The Labute approximate surface area is 118 Å². The van der Waals surface area contributed by atoms with Crippen molar-refractivity contribution in [2.24, 2.45) is 5.41 Å². The predicted octanol–water partition coefficient (Wildman–Crippen LogP) is 1.91. The summed E-state index contributed by atoms with van der Waals surface area (Å²) >= 11 is 0. The van der Waals surface area contributed by atoms with Gasteiger partial charge in [-0.05, 0) is 19.8 Å². The van der Waals surface area contributed by atoms with Gasteiger partial charge >= 0.3 is 0 Å². The normalized spacial score (nSPS) is 20.7. The van der Waals surface area contributed by atoms with E-state index < -0.39 is 0 Å². The summed E-state index contributed by atoms with van der Waals surface area (Å²) in [5.41, 5.74) is 0.0913. The molecule has 114 valence electrons. The molecule has 1 atom stereocenters. The minimum Gasteiger partial charge on any atom is -0.396 e. The number of methoxy groups -OCH3 is 2. The Kier molecular flexibility index (Phi) is 7.91. The molecule has 1 aliphatic carbocycles. The summed E-state index contributed by atoms with van der Waals surface area (Å²) in [7, 11) is 3.48. The second-order valence-electron chi connectivity index (χ2n) is 5.99. The molecule has 1 fully saturated rings. The summed E-state index contributed by atoms with van der Waals surface area (Å²) in [4.78, 5) is 2.41. The third-order valence-corrected chi connectivity index (χ3v) is 4.40. The van der Waals surface area contributed by atoms with E-state index in [9.17, 15) is 5.11 Å². The fraction of sp³-hybridized carbons (Fsp3) is 1.00. The molecule has 0 aromatic heterocycles. The van der Waals surface area contributed by atoms with Gasteiger partial charge in [0, 0.05) is 45.4 Å². The van der Waals surface area contributed by atoms with E-state index in [-0.39, 0.29) is 5.41 Å². The lowest BCUT2D eigenvalue weighted by Gasteiger charge is -2.41. The lowest BCUT2D eigenvalue weighted by Crippen LogP contribution is -2.47. The number of hydrogen-bond acceptors (Lipinski definition) is 4. The molecule has 0 aromatic carbocycles. The van der Waals surface area contributed by atoms with E-state index in [1.54, 1.807) is 14.2 Å². The minimum absolute atomic E-state index is 0.0913. The lowest BCUT2D eigenvalue weighted by molar-refractivity contribution is 0.00207. The van der Waals surface area contributed by atoms with E-state index in [2.05, 4.69) is 11.8 Å². The van der Waals surface area contributed by atoms with E-state index in [0.717, 1.165) is 39.1 Å². The topological polar surface area (TPSA) is 41.9 Å². The van der Waals surface area contributed by atoms with Gasteiger partial charge in [0.25, 0.3) is 0 Å². The third kappa shape index (κ3) is 5.38. The van der Waals surface area contributed by atoms with Crippen LogP contribution < -0.4 is 0 Å². The van der Waals surface area contributed by atoms with E-state index >= 15 is 0 Å². The summed E-state index contributed by atoms with van der Waals surface area (Å²) in [6.45, 7) is 5.81. The van der Waals surface area contributed by atoms with Crippen molar-refractivity contribution >= 4 is 0 Å². The van der Waals surface area contributed by atoms with Gasteiger partial charge < -0.3 is 14.6 Å². The van der Waals surface area contributed by atoms with Crippen molar-refractivity contribution in [3.05, 3.63) is 0 Å². The molecule has 0 heterocycles. The maximum atomic E-state index is 9.84. The zero-order chi connectivity index (χ0) is 14.1. The van der Waals surface area contributed by atoms with Gasteiger partial charge in [0.2, 0.25) is 0 Å². The van der Waals surface area contributed by atoms with Crippen LogP contribution in [-0.2, 0) is 9.47 Å². The summed E-state index contributed by atoms with van der Waals surface area (Å²) in [5.74, 6) is 0. The Morgan fingerprint density at radius 1 is 1.16 bits per heavy atom. The molecular formula is C15H31NO3. The highest BCUT2D eigenvalue weighted by atomic mass is 16.5. The molecule has 1 rings (SSSR count). The van der Waals surface area contributed by atoms with E-state index in [4.69, 9.17) is 9.47 Å². The Bertz CT molecular complexity index is 229. The van der Waals surface area contributed by atoms with E-state index in [1.807, 2.05) is 0 Å². The molecule has 0 amide bonds. The molecule has 1 saturated carbocycles. The van der Waals surface area contributed by atoms with Crippen molar-refractivity contribution in [1.29, 1.82) is 0 Å². The van der Waals surface area contributed by atoms with Crippen LogP contribution in [0.3, 0.4) is 0 Å².